The Labute approximate surface area is 196 Å². The number of amides is 4. The lowest BCUT2D eigenvalue weighted by molar-refractivity contribution is -0.122. The number of hydrogen-bond donors (Lipinski definition) is 1. The van der Waals surface area contributed by atoms with Crippen LogP contribution in [0.25, 0.3) is 6.08 Å². The van der Waals surface area contributed by atoms with Gasteiger partial charge in [0.25, 0.3) is 11.8 Å². The summed E-state index contributed by atoms with van der Waals surface area (Å²) in [5, 5.41) is 2.23. The Kier molecular flexibility index (Phi) is 7.17. The molecule has 1 aliphatic heterocycles. The number of anilines is 1. The predicted octanol–water partition coefficient (Wildman–Crippen LogP) is 4.98. The molecule has 2 aromatic carbocycles. The van der Waals surface area contributed by atoms with Gasteiger partial charge in [0, 0.05) is 16.1 Å². The molecule has 0 spiro atoms. The van der Waals surface area contributed by atoms with E-state index in [9.17, 15) is 14.4 Å². The Morgan fingerprint density at radius 2 is 1.65 bits per heavy atom. The number of nitrogens with one attached hydrogen (secondary N) is 1. The first-order valence-corrected chi connectivity index (χ1v) is 11.1. The third-order valence-electron chi connectivity index (χ3n) is 4.47. The zero-order chi connectivity index (χ0) is 22.7. The van der Waals surface area contributed by atoms with Crippen molar-refractivity contribution in [3.63, 3.8) is 0 Å². The van der Waals surface area contributed by atoms with Crippen LogP contribution in [0.5, 0.6) is 11.5 Å². The van der Waals surface area contributed by atoms with E-state index in [1.165, 1.54) is 6.08 Å². The van der Waals surface area contributed by atoms with Gasteiger partial charge in [0.15, 0.2) is 0 Å². The first kappa shape index (κ1) is 23.0. The van der Waals surface area contributed by atoms with Gasteiger partial charge in [-0.1, -0.05) is 15.9 Å². The number of benzene rings is 2. The smallest absolute Gasteiger partial charge is 0.335 e. The van der Waals surface area contributed by atoms with Crippen LogP contribution in [0.2, 0.25) is 0 Å². The van der Waals surface area contributed by atoms with E-state index in [4.69, 9.17) is 9.47 Å². The van der Waals surface area contributed by atoms with Crippen molar-refractivity contribution in [2.45, 2.75) is 20.8 Å². The van der Waals surface area contributed by atoms with E-state index < -0.39 is 17.8 Å². The summed E-state index contributed by atoms with van der Waals surface area (Å²) in [6, 6.07) is 7.65. The monoisotopic (exact) mass is 550 g/mol. The maximum atomic E-state index is 13.2. The molecule has 1 fully saturated rings. The number of nitrogens with zero attached hydrogens (tertiary/aromatic N) is 1. The van der Waals surface area contributed by atoms with E-state index in [-0.39, 0.29) is 5.57 Å². The Bertz CT molecular complexity index is 1100. The number of carbonyl (C=O) groups is 3. The zero-order valence-corrected chi connectivity index (χ0v) is 20.3. The fraction of sp³-hybridized carbons (Fsp3) is 0.227. The summed E-state index contributed by atoms with van der Waals surface area (Å²) in [5.74, 6) is -0.463. The van der Waals surface area contributed by atoms with E-state index in [0.29, 0.717) is 40.4 Å². The lowest BCUT2D eigenvalue weighted by atomic mass is 10.1. The van der Waals surface area contributed by atoms with Crippen LogP contribution in [0.3, 0.4) is 0 Å². The maximum absolute atomic E-state index is 13.2. The fourth-order valence-corrected chi connectivity index (χ4v) is 3.75. The highest BCUT2D eigenvalue weighted by molar-refractivity contribution is 9.10. The average molecular weight is 552 g/mol. The second-order valence-corrected chi connectivity index (χ2v) is 8.29. The summed E-state index contributed by atoms with van der Waals surface area (Å²) in [7, 11) is 0. The number of barbiturate groups is 1. The first-order chi connectivity index (χ1) is 14.8. The predicted molar refractivity (Wildman–Crippen MR) is 124 cm³/mol. The molecule has 0 bridgehead atoms. The van der Waals surface area contributed by atoms with Crippen LogP contribution in [0.1, 0.15) is 25.0 Å². The van der Waals surface area contributed by atoms with Gasteiger partial charge in [-0.05, 0) is 72.6 Å². The van der Waals surface area contributed by atoms with Crippen molar-refractivity contribution in [2.24, 2.45) is 0 Å². The average Bonchev–Trinajstić information content (AvgIpc) is 2.71. The van der Waals surface area contributed by atoms with Crippen LogP contribution in [-0.4, -0.2) is 31.1 Å². The molecule has 3 rings (SSSR count). The molecule has 0 radical (unpaired) electrons. The molecule has 0 aromatic heterocycles. The van der Waals surface area contributed by atoms with Crippen molar-refractivity contribution in [3.05, 3.63) is 56.0 Å². The van der Waals surface area contributed by atoms with Crippen molar-refractivity contribution in [2.75, 3.05) is 18.1 Å². The molecular weight excluding hydrogens is 532 g/mol. The fourth-order valence-electron chi connectivity index (χ4n) is 3.02. The SMILES string of the molecule is CCOc1cc(OCC)c(/C=C2\C(=O)NC(=O)N(c3ccc(Br)c(C)c3)C2=O)cc1Br. The van der Waals surface area contributed by atoms with Crippen LogP contribution >= 0.6 is 31.9 Å². The van der Waals surface area contributed by atoms with Gasteiger partial charge in [-0.2, -0.15) is 0 Å². The molecule has 1 saturated heterocycles. The number of urea groups is 1. The molecule has 4 amide bonds. The highest BCUT2D eigenvalue weighted by atomic mass is 79.9. The van der Waals surface area contributed by atoms with Crippen molar-refractivity contribution in [3.8, 4) is 11.5 Å². The molecule has 1 aliphatic rings. The number of rotatable bonds is 6. The Balaban J connectivity index is 2.07. The van der Waals surface area contributed by atoms with Crippen molar-refractivity contribution in [1.82, 2.24) is 5.32 Å². The minimum atomic E-state index is -0.799. The molecular formula is C22H20Br2N2O5. The molecule has 0 unspecified atom stereocenters. The highest BCUT2D eigenvalue weighted by Gasteiger charge is 2.37. The van der Waals surface area contributed by atoms with Gasteiger partial charge in [-0.15, -0.1) is 0 Å². The van der Waals surface area contributed by atoms with E-state index in [1.54, 1.807) is 30.3 Å². The van der Waals surface area contributed by atoms with Crippen molar-refractivity contribution in [1.29, 1.82) is 0 Å². The molecule has 2 aromatic rings. The molecule has 1 heterocycles. The summed E-state index contributed by atoms with van der Waals surface area (Å²) < 4.78 is 12.7. The summed E-state index contributed by atoms with van der Waals surface area (Å²) in [6.07, 6.45) is 1.41. The van der Waals surface area contributed by atoms with E-state index in [2.05, 4.69) is 37.2 Å². The Morgan fingerprint density at radius 3 is 2.29 bits per heavy atom. The quantitative estimate of drug-likeness (QED) is 0.404. The lowest BCUT2D eigenvalue weighted by Crippen LogP contribution is -2.54. The maximum Gasteiger partial charge on any atom is 0.335 e. The van der Waals surface area contributed by atoms with Gasteiger partial charge in [0.2, 0.25) is 0 Å². The number of ether oxygens (including phenoxy) is 2. The van der Waals surface area contributed by atoms with E-state index in [0.717, 1.165) is 14.9 Å². The molecule has 0 saturated carbocycles. The van der Waals surface area contributed by atoms with Gasteiger partial charge in [0.05, 0.1) is 23.4 Å². The Hall–Kier alpha value is -2.65. The largest absolute Gasteiger partial charge is 0.493 e. The van der Waals surface area contributed by atoms with Gasteiger partial charge < -0.3 is 9.47 Å². The van der Waals surface area contributed by atoms with Crippen molar-refractivity contribution < 1.29 is 23.9 Å². The third-order valence-corrected chi connectivity index (χ3v) is 5.97. The zero-order valence-electron chi connectivity index (χ0n) is 17.1. The molecule has 162 valence electrons. The highest BCUT2D eigenvalue weighted by Crippen LogP contribution is 2.35. The molecule has 0 atom stereocenters. The summed E-state index contributed by atoms with van der Waals surface area (Å²) in [4.78, 5) is 39.0. The Morgan fingerprint density at radius 1 is 0.968 bits per heavy atom. The van der Waals surface area contributed by atoms with Crippen LogP contribution in [-0.2, 0) is 9.59 Å². The minimum absolute atomic E-state index is 0.183. The van der Waals surface area contributed by atoms with Crippen molar-refractivity contribution >= 4 is 61.5 Å². The molecule has 31 heavy (non-hydrogen) atoms. The molecule has 1 N–H and O–H groups in total. The number of hydrogen-bond acceptors (Lipinski definition) is 5. The van der Waals surface area contributed by atoms with Crippen LogP contribution in [0.4, 0.5) is 10.5 Å². The van der Waals surface area contributed by atoms with Gasteiger partial charge >= 0.3 is 6.03 Å². The summed E-state index contributed by atoms with van der Waals surface area (Å²) in [6.45, 7) is 6.38. The summed E-state index contributed by atoms with van der Waals surface area (Å²) >= 11 is 6.83. The second-order valence-electron chi connectivity index (χ2n) is 6.58. The standard InChI is InChI=1S/C22H20Br2N2O5/c1-4-30-18-11-19(31-5-2)17(24)10-13(18)9-15-20(27)25-22(29)26(21(15)28)14-6-7-16(23)12(3)8-14/h6-11H,4-5H2,1-3H3,(H,25,27,29)/b15-9+. The van der Waals surface area contributed by atoms with Crippen LogP contribution in [0, 0.1) is 6.92 Å². The third kappa shape index (κ3) is 4.83. The minimum Gasteiger partial charge on any atom is -0.493 e. The van der Waals surface area contributed by atoms with Gasteiger partial charge in [-0.25, -0.2) is 9.69 Å². The lowest BCUT2D eigenvalue weighted by Gasteiger charge is -2.27. The van der Waals surface area contributed by atoms with E-state index >= 15 is 0 Å². The second kappa shape index (κ2) is 9.65. The summed E-state index contributed by atoms with van der Waals surface area (Å²) in [5.41, 5.74) is 1.52. The number of aryl methyl sites for hydroxylation is 1. The topological polar surface area (TPSA) is 84.9 Å². The molecule has 9 heteroatoms. The molecule has 7 nitrogen and oxygen atoms in total. The molecule has 0 aliphatic carbocycles. The van der Waals surface area contributed by atoms with Gasteiger partial charge in [-0.3, -0.25) is 14.9 Å². The first-order valence-electron chi connectivity index (χ1n) is 9.53. The number of halogens is 2. The van der Waals surface area contributed by atoms with Gasteiger partial charge in [0.1, 0.15) is 17.1 Å². The van der Waals surface area contributed by atoms with Crippen LogP contribution in [0.15, 0.2) is 44.9 Å². The number of carbonyl (C=O) groups excluding carboxylic acids is 3. The van der Waals surface area contributed by atoms with E-state index in [1.807, 2.05) is 20.8 Å². The number of imide groups is 2. The normalized spacial score (nSPS) is 15.3. The van der Waals surface area contributed by atoms with Crippen LogP contribution < -0.4 is 19.7 Å².